The molecule has 1 aromatic carbocycles. The largest absolute Gasteiger partial charge is 0.524 e. The molecule has 0 aliphatic carbocycles. The number of carbonyl (C=O) groups is 2. The summed E-state index contributed by atoms with van der Waals surface area (Å²) in [6, 6.07) is 3.69. The van der Waals surface area contributed by atoms with Crippen LogP contribution in [-0.4, -0.2) is 45.4 Å². The third kappa shape index (κ3) is 8.41. The van der Waals surface area contributed by atoms with Gasteiger partial charge in [0.2, 0.25) is 5.91 Å². The van der Waals surface area contributed by atoms with Crippen molar-refractivity contribution in [2.45, 2.75) is 37.8 Å². The van der Waals surface area contributed by atoms with Gasteiger partial charge in [-0.15, -0.1) is 0 Å². The van der Waals surface area contributed by atoms with Crippen molar-refractivity contribution in [2.75, 3.05) is 6.54 Å². The molecule has 2 unspecified atom stereocenters. The molecule has 146 valence electrons. The normalized spacial score (nSPS) is 13.7. The van der Waals surface area contributed by atoms with Crippen LogP contribution in [0.25, 0.3) is 0 Å². The van der Waals surface area contributed by atoms with Gasteiger partial charge < -0.3 is 26.4 Å². The van der Waals surface area contributed by atoms with Crippen LogP contribution in [0.5, 0.6) is 5.75 Å². The predicted molar refractivity (Wildman–Crippen MR) is 93.3 cm³/mol. The van der Waals surface area contributed by atoms with E-state index in [2.05, 4.69) is 9.84 Å². The molecular weight excluding hydrogens is 365 g/mol. The Balaban J connectivity index is 2.59. The lowest BCUT2D eigenvalue weighted by Crippen LogP contribution is -2.49. The molecule has 8 N–H and O–H groups in total. The Morgan fingerprint density at radius 2 is 1.81 bits per heavy atom. The monoisotopic (exact) mass is 389 g/mol. The SMILES string of the molecule is NCCCCC(NC(=O)C(N)Cc1ccc(OP(=O)(O)O)cc1)C(=O)O. The van der Waals surface area contributed by atoms with Crippen LogP contribution in [0.3, 0.4) is 0 Å². The van der Waals surface area contributed by atoms with Gasteiger partial charge >= 0.3 is 13.8 Å². The molecular formula is C15H24N3O7P. The van der Waals surface area contributed by atoms with Crippen molar-refractivity contribution in [1.82, 2.24) is 5.32 Å². The minimum Gasteiger partial charge on any atom is -0.480 e. The summed E-state index contributed by atoms with van der Waals surface area (Å²) in [5.74, 6) is -1.76. The van der Waals surface area contributed by atoms with Crippen molar-refractivity contribution in [1.29, 1.82) is 0 Å². The van der Waals surface area contributed by atoms with E-state index >= 15 is 0 Å². The fraction of sp³-hybridized carbons (Fsp3) is 0.467. The molecule has 0 aromatic heterocycles. The second-order valence-electron chi connectivity index (χ2n) is 5.72. The number of unbranched alkanes of at least 4 members (excludes halogenated alkanes) is 1. The number of carboxylic acids is 1. The second kappa shape index (κ2) is 10.2. The maximum Gasteiger partial charge on any atom is 0.524 e. The Morgan fingerprint density at radius 3 is 2.31 bits per heavy atom. The van der Waals surface area contributed by atoms with Crippen LogP contribution in [0.15, 0.2) is 24.3 Å². The summed E-state index contributed by atoms with van der Waals surface area (Å²) in [5, 5.41) is 11.6. The highest BCUT2D eigenvalue weighted by Crippen LogP contribution is 2.37. The zero-order valence-electron chi connectivity index (χ0n) is 14.1. The Labute approximate surface area is 150 Å². The number of carbonyl (C=O) groups excluding carboxylic acids is 1. The van der Waals surface area contributed by atoms with Crippen LogP contribution in [0.1, 0.15) is 24.8 Å². The molecule has 1 aromatic rings. The molecule has 1 rings (SSSR count). The number of phosphoric ester groups is 1. The first-order valence-corrected chi connectivity index (χ1v) is 9.48. The van der Waals surface area contributed by atoms with Gasteiger partial charge in [0.05, 0.1) is 6.04 Å². The first-order valence-electron chi connectivity index (χ1n) is 7.95. The van der Waals surface area contributed by atoms with Gasteiger partial charge in [0.1, 0.15) is 11.8 Å². The maximum absolute atomic E-state index is 12.1. The van der Waals surface area contributed by atoms with Gasteiger partial charge in [0.25, 0.3) is 0 Å². The van der Waals surface area contributed by atoms with Gasteiger partial charge in [-0.25, -0.2) is 9.36 Å². The first kappa shape index (κ1) is 22.1. The summed E-state index contributed by atoms with van der Waals surface area (Å²) in [5.41, 5.74) is 11.8. The number of nitrogens with two attached hydrogens (primary N) is 2. The van der Waals surface area contributed by atoms with E-state index in [4.69, 9.17) is 26.4 Å². The number of benzene rings is 1. The Hall–Kier alpha value is -1.97. The van der Waals surface area contributed by atoms with Crippen LogP contribution in [0.2, 0.25) is 0 Å². The molecule has 26 heavy (non-hydrogen) atoms. The Bertz CT molecular complexity index is 647. The highest BCUT2D eigenvalue weighted by molar-refractivity contribution is 7.46. The van der Waals surface area contributed by atoms with E-state index in [1.807, 2.05) is 0 Å². The van der Waals surface area contributed by atoms with Crippen LogP contribution in [0, 0.1) is 0 Å². The lowest BCUT2D eigenvalue weighted by atomic mass is 10.0. The molecule has 0 aliphatic rings. The summed E-state index contributed by atoms with van der Waals surface area (Å²) in [6.45, 7) is 0.446. The van der Waals surface area contributed by atoms with E-state index in [0.717, 1.165) is 0 Å². The molecule has 11 heteroatoms. The predicted octanol–water partition coefficient (Wildman–Crippen LogP) is -0.274. The number of hydrogen-bond acceptors (Lipinski definition) is 6. The van der Waals surface area contributed by atoms with E-state index in [1.165, 1.54) is 24.3 Å². The summed E-state index contributed by atoms with van der Waals surface area (Å²) in [4.78, 5) is 40.7. The number of nitrogens with one attached hydrogen (secondary N) is 1. The quantitative estimate of drug-likeness (QED) is 0.219. The Kier molecular flexibility index (Phi) is 8.70. The van der Waals surface area contributed by atoms with E-state index in [9.17, 15) is 14.2 Å². The molecule has 0 radical (unpaired) electrons. The van der Waals surface area contributed by atoms with Crippen LogP contribution in [-0.2, 0) is 20.6 Å². The minimum absolute atomic E-state index is 0.0223. The van der Waals surface area contributed by atoms with Crippen molar-refractivity contribution in [3.05, 3.63) is 29.8 Å². The molecule has 0 saturated carbocycles. The Morgan fingerprint density at radius 1 is 1.19 bits per heavy atom. The van der Waals surface area contributed by atoms with E-state index < -0.39 is 31.8 Å². The first-order chi connectivity index (χ1) is 12.1. The van der Waals surface area contributed by atoms with Crippen molar-refractivity contribution < 1.29 is 33.6 Å². The summed E-state index contributed by atoms with van der Waals surface area (Å²) >= 11 is 0. The van der Waals surface area contributed by atoms with E-state index in [1.54, 1.807) is 0 Å². The van der Waals surface area contributed by atoms with Crippen LogP contribution >= 0.6 is 7.82 Å². The van der Waals surface area contributed by atoms with Gasteiger partial charge in [-0.3, -0.25) is 14.6 Å². The van der Waals surface area contributed by atoms with Gasteiger partial charge in [-0.05, 0) is 49.9 Å². The molecule has 0 fully saturated rings. The highest BCUT2D eigenvalue weighted by atomic mass is 31.2. The van der Waals surface area contributed by atoms with Crippen molar-refractivity contribution in [2.24, 2.45) is 11.5 Å². The maximum atomic E-state index is 12.1. The lowest BCUT2D eigenvalue weighted by molar-refractivity contribution is -0.142. The molecule has 1 amide bonds. The number of rotatable bonds is 11. The van der Waals surface area contributed by atoms with Crippen molar-refractivity contribution in [3.8, 4) is 5.75 Å². The van der Waals surface area contributed by atoms with Gasteiger partial charge in [-0.2, -0.15) is 0 Å². The number of carboxylic acid groups (broad SMARTS) is 1. The smallest absolute Gasteiger partial charge is 0.480 e. The van der Waals surface area contributed by atoms with Crippen molar-refractivity contribution >= 4 is 19.7 Å². The van der Waals surface area contributed by atoms with E-state index in [0.29, 0.717) is 24.9 Å². The number of amides is 1. The summed E-state index contributed by atoms with van der Waals surface area (Å²) in [7, 11) is -4.64. The lowest BCUT2D eigenvalue weighted by Gasteiger charge is -2.18. The molecule has 0 heterocycles. The summed E-state index contributed by atoms with van der Waals surface area (Å²) in [6.07, 6.45) is 1.62. The molecule has 10 nitrogen and oxygen atoms in total. The minimum atomic E-state index is -4.64. The molecule has 0 aliphatic heterocycles. The zero-order chi connectivity index (χ0) is 19.7. The van der Waals surface area contributed by atoms with Gasteiger partial charge in [0, 0.05) is 0 Å². The zero-order valence-corrected chi connectivity index (χ0v) is 15.0. The van der Waals surface area contributed by atoms with Gasteiger partial charge in [0.15, 0.2) is 0 Å². The topological polar surface area (TPSA) is 185 Å². The standard InChI is InChI=1S/C15H24N3O7P/c16-8-2-1-3-13(15(20)21)18-14(19)12(17)9-10-4-6-11(7-5-10)25-26(22,23)24/h4-7,12-13H,1-3,8-9,16-17H2,(H,18,19)(H,20,21)(H2,22,23,24). The fourth-order valence-electron chi connectivity index (χ4n) is 2.20. The fourth-order valence-corrected chi connectivity index (χ4v) is 2.60. The van der Waals surface area contributed by atoms with Crippen molar-refractivity contribution in [3.63, 3.8) is 0 Å². The third-order valence-corrected chi connectivity index (χ3v) is 3.95. The van der Waals surface area contributed by atoms with Crippen LogP contribution < -0.4 is 21.3 Å². The van der Waals surface area contributed by atoms with E-state index in [-0.39, 0.29) is 18.6 Å². The average molecular weight is 389 g/mol. The molecule has 2 atom stereocenters. The van der Waals surface area contributed by atoms with Gasteiger partial charge in [-0.1, -0.05) is 12.1 Å². The third-order valence-electron chi connectivity index (χ3n) is 3.50. The van der Waals surface area contributed by atoms with Crippen LogP contribution in [0.4, 0.5) is 0 Å². The molecule has 0 bridgehead atoms. The summed E-state index contributed by atoms with van der Waals surface area (Å²) < 4.78 is 15.2. The number of hydrogen-bond donors (Lipinski definition) is 6. The average Bonchev–Trinajstić information content (AvgIpc) is 2.54. The number of aliphatic carboxylic acids is 1. The molecule has 0 spiro atoms. The highest BCUT2D eigenvalue weighted by Gasteiger charge is 2.23. The number of phosphoric acid groups is 1. The molecule has 0 saturated heterocycles. The second-order valence-corrected chi connectivity index (χ2v) is 6.88.